The fourth-order valence-corrected chi connectivity index (χ4v) is 6.79. The summed E-state index contributed by atoms with van der Waals surface area (Å²) < 4.78 is 50.4. The van der Waals surface area contributed by atoms with E-state index < -0.39 is 17.6 Å². The third-order valence-corrected chi connectivity index (χ3v) is 8.60. The van der Waals surface area contributed by atoms with E-state index in [4.69, 9.17) is 10.00 Å². The predicted octanol–water partition coefficient (Wildman–Crippen LogP) is 4.82. The summed E-state index contributed by atoms with van der Waals surface area (Å²) in [6, 6.07) is 12.4. The summed E-state index contributed by atoms with van der Waals surface area (Å²) >= 11 is 0. The minimum Gasteiger partial charge on any atom is -0.374 e. The van der Waals surface area contributed by atoms with Crippen molar-refractivity contribution in [1.82, 2.24) is 19.7 Å². The van der Waals surface area contributed by atoms with Crippen molar-refractivity contribution in [3.05, 3.63) is 76.4 Å². The molecule has 2 aliphatic heterocycles. The first-order chi connectivity index (χ1) is 19.6. The van der Waals surface area contributed by atoms with Crippen LogP contribution in [0.3, 0.4) is 0 Å². The fourth-order valence-electron chi connectivity index (χ4n) is 6.79. The van der Waals surface area contributed by atoms with E-state index in [2.05, 4.69) is 23.2 Å². The van der Waals surface area contributed by atoms with E-state index in [0.717, 1.165) is 24.2 Å². The molecule has 0 radical (unpaired) electrons. The number of aryl methyl sites for hydroxylation is 1. The highest BCUT2D eigenvalue weighted by atomic mass is 19.4. The number of fused-ring (bicyclic) bond motifs is 1. The standard InChI is InChI=1S/C30H31F3N6O2/c1-19-13-29(14-19,28-36-35-18-37(28)2)21-4-3-5-22(12-21)39-17-25-24(27(39)40)10-20(11-26(25)30(31,32)33)15-38-8-9-41-23(16-38)6-7-34/h3-5,10-12,18-19,23H,6,8-9,13-17H2,1-2H3/t19?,23-,29?/m1/s1. The largest absolute Gasteiger partial charge is 0.416 e. The summed E-state index contributed by atoms with van der Waals surface area (Å²) in [6.45, 7) is 3.66. The van der Waals surface area contributed by atoms with Gasteiger partial charge in [-0.25, -0.2) is 0 Å². The summed E-state index contributed by atoms with van der Waals surface area (Å²) in [4.78, 5) is 17.1. The van der Waals surface area contributed by atoms with Crippen molar-refractivity contribution in [2.24, 2.45) is 13.0 Å². The molecule has 8 nitrogen and oxygen atoms in total. The zero-order valence-corrected chi connectivity index (χ0v) is 23.0. The third kappa shape index (κ3) is 4.89. The third-order valence-electron chi connectivity index (χ3n) is 8.60. The van der Waals surface area contributed by atoms with E-state index in [9.17, 15) is 18.0 Å². The van der Waals surface area contributed by atoms with Gasteiger partial charge in [-0.1, -0.05) is 19.1 Å². The Labute approximate surface area is 236 Å². The molecule has 1 aromatic heterocycles. The summed E-state index contributed by atoms with van der Waals surface area (Å²) in [6.07, 6.45) is -1.26. The highest BCUT2D eigenvalue weighted by Gasteiger charge is 2.48. The predicted molar refractivity (Wildman–Crippen MR) is 144 cm³/mol. The molecule has 1 aliphatic carbocycles. The van der Waals surface area contributed by atoms with Crippen LogP contribution in [0.15, 0.2) is 42.7 Å². The minimum atomic E-state index is -4.61. The Hall–Kier alpha value is -3.75. The molecule has 0 unspecified atom stereocenters. The van der Waals surface area contributed by atoms with Gasteiger partial charge in [-0.15, -0.1) is 10.2 Å². The first-order valence-electron chi connectivity index (χ1n) is 13.8. The van der Waals surface area contributed by atoms with Crippen LogP contribution >= 0.6 is 0 Å². The van der Waals surface area contributed by atoms with Crippen LogP contribution in [0.2, 0.25) is 0 Å². The second kappa shape index (κ2) is 10.3. The minimum absolute atomic E-state index is 0.00117. The van der Waals surface area contributed by atoms with Gasteiger partial charge in [-0.3, -0.25) is 9.69 Å². The number of nitriles is 1. The Bertz CT molecular complexity index is 1520. The molecular formula is C30H31F3N6O2. The second-order valence-corrected chi connectivity index (χ2v) is 11.6. The van der Waals surface area contributed by atoms with Crippen LogP contribution in [0.4, 0.5) is 18.9 Å². The van der Waals surface area contributed by atoms with E-state index in [1.807, 2.05) is 34.7 Å². The molecule has 3 heterocycles. The summed E-state index contributed by atoms with van der Waals surface area (Å²) in [5, 5.41) is 17.5. The fraction of sp³-hybridized carbons (Fsp3) is 0.467. The maximum Gasteiger partial charge on any atom is 0.416 e. The number of ether oxygens (including phenoxy) is 1. The Morgan fingerprint density at radius 2 is 2.02 bits per heavy atom. The first-order valence-corrected chi connectivity index (χ1v) is 13.8. The summed E-state index contributed by atoms with van der Waals surface area (Å²) in [7, 11) is 1.90. The van der Waals surface area contributed by atoms with E-state index >= 15 is 0 Å². The number of halogens is 3. The number of rotatable bonds is 6. The molecule has 0 N–H and O–H groups in total. The molecule has 11 heteroatoms. The normalized spacial score (nSPS) is 24.7. The summed E-state index contributed by atoms with van der Waals surface area (Å²) in [5.74, 6) is 0.888. The molecular weight excluding hydrogens is 533 g/mol. The van der Waals surface area contributed by atoms with Crippen LogP contribution in [-0.2, 0) is 36.5 Å². The lowest BCUT2D eigenvalue weighted by atomic mass is 9.58. The Balaban J connectivity index is 1.32. The molecule has 1 saturated heterocycles. The van der Waals surface area contributed by atoms with Crippen molar-refractivity contribution in [1.29, 1.82) is 5.26 Å². The number of hydrogen-bond donors (Lipinski definition) is 0. The number of carbonyl (C=O) groups excluding carboxylic acids is 1. The average molecular weight is 565 g/mol. The average Bonchev–Trinajstić information content (AvgIpc) is 3.49. The van der Waals surface area contributed by atoms with Crippen molar-refractivity contribution >= 4 is 11.6 Å². The molecule has 214 valence electrons. The molecule has 1 saturated carbocycles. The highest BCUT2D eigenvalue weighted by molar-refractivity contribution is 6.10. The van der Waals surface area contributed by atoms with Crippen LogP contribution in [0, 0.1) is 17.2 Å². The van der Waals surface area contributed by atoms with Gasteiger partial charge in [0.15, 0.2) is 0 Å². The molecule has 1 amide bonds. The van der Waals surface area contributed by atoms with Crippen LogP contribution < -0.4 is 4.90 Å². The molecule has 1 atom stereocenters. The van der Waals surface area contributed by atoms with Crippen molar-refractivity contribution in [3.8, 4) is 6.07 Å². The molecule has 41 heavy (non-hydrogen) atoms. The van der Waals surface area contributed by atoms with Crippen LogP contribution in [-0.4, -0.2) is 51.4 Å². The van der Waals surface area contributed by atoms with Crippen LogP contribution in [0.1, 0.15) is 64.6 Å². The van der Waals surface area contributed by atoms with E-state index in [1.165, 1.54) is 11.0 Å². The van der Waals surface area contributed by atoms with Gasteiger partial charge in [-0.2, -0.15) is 18.4 Å². The quantitative estimate of drug-likeness (QED) is 0.427. The number of morpholine rings is 1. The number of amides is 1. The number of nitrogens with zero attached hydrogens (tertiary/aromatic N) is 6. The molecule has 0 spiro atoms. The van der Waals surface area contributed by atoms with Gasteiger partial charge in [0.1, 0.15) is 12.2 Å². The molecule has 3 aromatic rings. The number of anilines is 1. The first kappa shape index (κ1) is 27.4. The summed E-state index contributed by atoms with van der Waals surface area (Å²) in [5.41, 5.74) is 0.909. The van der Waals surface area contributed by atoms with Gasteiger partial charge in [0.05, 0.1) is 42.7 Å². The monoisotopic (exact) mass is 564 g/mol. The molecule has 2 aromatic carbocycles. The van der Waals surface area contributed by atoms with Gasteiger partial charge < -0.3 is 14.2 Å². The number of hydrogen-bond acceptors (Lipinski definition) is 6. The Morgan fingerprint density at radius 1 is 1.22 bits per heavy atom. The van der Waals surface area contributed by atoms with Crippen LogP contribution in [0.25, 0.3) is 0 Å². The molecule has 0 bridgehead atoms. The lowest BCUT2D eigenvalue weighted by Crippen LogP contribution is -2.43. The molecule has 2 fully saturated rings. The lowest BCUT2D eigenvalue weighted by molar-refractivity contribution is -0.138. The van der Waals surface area contributed by atoms with Crippen molar-refractivity contribution in [3.63, 3.8) is 0 Å². The topological polar surface area (TPSA) is 87.3 Å². The number of carbonyl (C=O) groups is 1. The molecule has 3 aliphatic rings. The Morgan fingerprint density at radius 3 is 2.71 bits per heavy atom. The van der Waals surface area contributed by atoms with E-state index in [-0.39, 0.29) is 42.2 Å². The van der Waals surface area contributed by atoms with Gasteiger partial charge >= 0.3 is 6.18 Å². The van der Waals surface area contributed by atoms with Crippen molar-refractivity contribution in [2.45, 2.75) is 57.0 Å². The van der Waals surface area contributed by atoms with Crippen LogP contribution in [0.5, 0.6) is 0 Å². The van der Waals surface area contributed by atoms with Gasteiger partial charge in [-0.05, 0) is 59.7 Å². The zero-order chi connectivity index (χ0) is 28.9. The van der Waals surface area contributed by atoms with Gasteiger partial charge in [0, 0.05) is 37.9 Å². The molecule has 6 rings (SSSR count). The lowest BCUT2D eigenvalue weighted by Gasteiger charge is -2.46. The van der Waals surface area contributed by atoms with E-state index in [0.29, 0.717) is 36.9 Å². The highest BCUT2D eigenvalue weighted by Crippen LogP contribution is 2.52. The maximum absolute atomic E-state index is 14.3. The number of aromatic nitrogens is 3. The smallest absolute Gasteiger partial charge is 0.374 e. The maximum atomic E-state index is 14.3. The van der Waals surface area contributed by atoms with E-state index in [1.54, 1.807) is 18.5 Å². The second-order valence-electron chi connectivity index (χ2n) is 11.6. The SMILES string of the molecule is CC1CC(c2cccc(N3Cc4c(cc(CN5CCO[C@H](CC#N)C5)cc4C(F)(F)F)C3=O)c2)(c2nncn2C)C1. The van der Waals surface area contributed by atoms with Crippen molar-refractivity contribution < 1.29 is 22.7 Å². The Kier molecular flexibility index (Phi) is 6.86. The van der Waals surface area contributed by atoms with Crippen molar-refractivity contribution in [2.75, 3.05) is 24.6 Å². The number of benzene rings is 2. The number of alkyl halides is 3. The van der Waals surface area contributed by atoms with Gasteiger partial charge in [0.25, 0.3) is 5.91 Å². The zero-order valence-electron chi connectivity index (χ0n) is 23.0. The van der Waals surface area contributed by atoms with Gasteiger partial charge in [0.2, 0.25) is 0 Å².